The van der Waals surface area contributed by atoms with Crippen LogP contribution in [0.1, 0.15) is 18.5 Å². The molecule has 2 N–H and O–H groups in total. The number of nitrogens with two attached hydrogens (primary N) is 1. The van der Waals surface area contributed by atoms with Crippen molar-refractivity contribution >= 4 is 23.0 Å². The van der Waals surface area contributed by atoms with Crippen molar-refractivity contribution in [2.75, 3.05) is 12.8 Å². The van der Waals surface area contributed by atoms with Crippen molar-refractivity contribution < 1.29 is 9.13 Å². The summed E-state index contributed by atoms with van der Waals surface area (Å²) in [6, 6.07) is 1.44. The minimum Gasteiger partial charge on any atom is -0.495 e. The van der Waals surface area contributed by atoms with Gasteiger partial charge in [0, 0.05) is 0 Å². The molecule has 1 aromatic heterocycles. The van der Waals surface area contributed by atoms with Crippen LogP contribution in [0.3, 0.4) is 0 Å². The van der Waals surface area contributed by atoms with E-state index in [2.05, 4.69) is 4.98 Å². The standard InChI is InChI=1S/C10H10ClFN2O/c1-15-9(5-2-3-5)7-4-6(13)8(12)10(11)14-7/h4H,2-3H2,1H3,(H2,13,14). The predicted octanol–water partition coefficient (Wildman–Crippen LogP) is 2.61. The van der Waals surface area contributed by atoms with E-state index in [1.165, 1.54) is 6.07 Å². The smallest absolute Gasteiger partial charge is 0.183 e. The summed E-state index contributed by atoms with van der Waals surface area (Å²) >= 11 is 5.60. The Morgan fingerprint density at radius 1 is 1.60 bits per heavy atom. The van der Waals surface area contributed by atoms with Gasteiger partial charge in [0.15, 0.2) is 11.0 Å². The number of allylic oxidation sites excluding steroid dienone is 1. The van der Waals surface area contributed by atoms with Gasteiger partial charge in [0.25, 0.3) is 0 Å². The van der Waals surface area contributed by atoms with Gasteiger partial charge in [0.2, 0.25) is 0 Å². The minimum absolute atomic E-state index is 0.0131. The number of halogens is 2. The summed E-state index contributed by atoms with van der Waals surface area (Å²) in [6.45, 7) is 0. The molecule has 1 fully saturated rings. The van der Waals surface area contributed by atoms with E-state index in [4.69, 9.17) is 22.1 Å². The SMILES string of the molecule is COC(=C1CC1)c1cc(N)c(F)c(Cl)n1. The van der Waals surface area contributed by atoms with Crippen LogP contribution in [-0.4, -0.2) is 12.1 Å². The molecule has 5 heteroatoms. The van der Waals surface area contributed by atoms with E-state index in [0.717, 1.165) is 18.4 Å². The molecule has 2 rings (SSSR count). The van der Waals surface area contributed by atoms with Crippen LogP contribution >= 0.6 is 11.6 Å². The van der Waals surface area contributed by atoms with Gasteiger partial charge < -0.3 is 10.5 Å². The van der Waals surface area contributed by atoms with Gasteiger partial charge in [0.05, 0.1) is 12.8 Å². The molecule has 0 bridgehead atoms. The maximum absolute atomic E-state index is 13.1. The second-order valence-electron chi connectivity index (χ2n) is 3.34. The van der Waals surface area contributed by atoms with Crippen molar-refractivity contribution in [3.63, 3.8) is 0 Å². The zero-order chi connectivity index (χ0) is 11.0. The molecular formula is C10H10ClFN2O. The van der Waals surface area contributed by atoms with Crippen LogP contribution in [0.2, 0.25) is 5.15 Å². The lowest BCUT2D eigenvalue weighted by Gasteiger charge is -2.07. The topological polar surface area (TPSA) is 48.1 Å². The highest BCUT2D eigenvalue weighted by molar-refractivity contribution is 6.29. The van der Waals surface area contributed by atoms with Gasteiger partial charge in [-0.2, -0.15) is 0 Å². The first kappa shape index (κ1) is 10.2. The quantitative estimate of drug-likeness (QED) is 0.625. The van der Waals surface area contributed by atoms with Gasteiger partial charge in [-0.05, 0) is 24.5 Å². The highest BCUT2D eigenvalue weighted by Crippen LogP contribution is 2.37. The molecular weight excluding hydrogens is 219 g/mol. The van der Waals surface area contributed by atoms with E-state index in [9.17, 15) is 4.39 Å². The Labute approximate surface area is 91.7 Å². The van der Waals surface area contributed by atoms with Gasteiger partial charge in [-0.1, -0.05) is 11.6 Å². The Hall–Kier alpha value is -1.29. The number of hydrogen-bond acceptors (Lipinski definition) is 3. The molecule has 0 aliphatic heterocycles. The molecule has 0 amide bonds. The largest absolute Gasteiger partial charge is 0.495 e. The van der Waals surface area contributed by atoms with E-state index in [1.807, 2.05) is 0 Å². The number of hydrogen-bond donors (Lipinski definition) is 1. The molecule has 1 saturated carbocycles. The Kier molecular flexibility index (Phi) is 2.52. The summed E-state index contributed by atoms with van der Waals surface area (Å²) in [6.07, 6.45) is 1.97. The fourth-order valence-corrected chi connectivity index (χ4v) is 1.55. The second-order valence-corrected chi connectivity index (χ2v) is 3.70. The van der Waals surface area contributed by atoms with Crippen LogP contribution in [0.4, 0.5) is 10.1 Å². The third kappa shape index (κ3) is 1.90. The molecule has 1 heterocycles. The van der Waals surface area contributed by atoms with Crippen LogP contribution in [0.15, 0.2) is 11.6 Å². The molecule has 0 radical (unpaired) electrons. The van der Waals surface area contributed by atoms with Gasteiger partial charge >= 0.3 is 0 Å². The molecule has 1 aliphatic carbocycles. The molecule has 0 spiro atoms. The Balaban J connectivity index is 2.49. The Morgan fingerprint density at radius 2 is 2.27 bits per heavy atom. The summed E-state index contributed by atoms with van der Waals surface area (Å²) in [5, 5.41) is -0.221. The zero-order valence-electron chi connectivity index (χ0n) is 8.18. The number of nitrogen functional groups attached to an aromatic ring is 1. The molecule has 0 saturated heterocycles. The molecule has 0 atom stereocenters. The van der Waals surface area contributed by atoms with Crippen molar-refractivity contribution in [1.82, 2.24) is 4.98 Å². The van der Waals surface area contributed by atoms with Crippen LogP contribution in [-0.2, 0) is 4.74 Å². The van der Waals surface area contributed by atoms with Crippen molar-refractivity contribution in [1.29, 1.82) is 0 Å². The Bertz CT molecular complexity index is 416. The third-order valence-corrected chi connectivity index (χ3v) is 2.45. The molecule has 15 heavy (non-hydrogen) atoms. The predicted molar refractivity (Wildman–Crippen MR) is 56.8 cm³/mol. The summed E-state index contributed by atoms with van der Waals surface area (Å²) in [5.74, 6) is -0.0275. The van der Waals surface area contributed by atoms with Crippen molar-refractivity contribution in [2.24, 2.45) is 0 Å². The van der Waals surface area contributed by atoms with Gasteiger partial charge in [-0.25, -0.2) is 9.37 Å². The van der Waals surface area contributed by atoms with E-state index in [1.54, 1.807) is 7.11 Å². The van der Waals surface area contributed by atoms with E-state index in [-0.39, 0.29) is 10.8 Å². The first-order valence-corrected chi connectivity index (χ1v) is 4.89. The fraction of sp³-hybridized carbons (Fsp3) is 0.300. The van der Waals surface area contributed by atoms with Crippen LogP contribution in [0, 0.1) is 5.82 Å². The number of pyridine rings is 1. The number of nitrogens with zero attached hydrogens (tertiary/aromatic N) is 1. The van der Waals surface area contributed by atoms with Gasteiger partial charge in [0.1, 0.15) is 11.5 Å². The van der Waals surface area contributed by atoms with Crippen LogP contribution in [0.5, 0.6) is 0 Å². The highest BCUT2D eigenvalue weighted by Gasteiger charge is 2.22. The molecule has 0 aromatic carbocycles. The number of ether oxygens (including phenoxy) is 1. The van der Waals surface area contributed by atoms with E-state index >= 15 is 0 Å². The minimum atomic E-state index is -0.684. The van der Waals surface area contributed by atoms with E-state index < -0.39 is 5.82 Å². The lowest BCUT2D eigenvalue weighted by molar-refractivity contribution is 0.366. The van der Waals surface area contributed by atoms with Crippen LogP contribution < -0.4 is 5.73 Å². The van der Waals surface area contributed by atoms with Gasteiger partial charge in [-0.15, -0.1) is 0 Å². The maximum atomic E-state index is 13.1. The number of aromatic nitrogens is 1. The van der Waals surface area contributed by atoms with Crippen molar-refractivity contribution in [3.05, 3.63) is 28.3 Å². The average Bonchev–Trinajstić information content (AvgIpc) is 2.99. The van der Waals surface area contributed by atoms with Crippen molar-refractivity contribution in [3.8, 4) is 0 Å². The number of rotatable bonds is 2. The molecule has 1 aliphatic rings. The number of methoxy groups -OCH3 is 1. The zero-order valence-corrected chi connectivity index (χ0v) is 8.94. The summed E-state index contributed by atoms with van der Waals surface area (Å²) in [4.78, 5) is 3.89. The summed E-state index contributed by atoms with van der Waals surface area (Å²) in [7, 11) is 1.55. The van der Waals surface area contributed by atoms with Crippen molar-refractivity contribution in [2.45, 2.75) is 12.8 Å². The highest BCUT2D eigenvalue weighted by atomic mass is 35.5. The monoisotopic (exact) mass is 228 g/mol. The lowest BCUT2D eigenvalue weighted by Crippen LogP contribution is -1.99. The number of anilines is 1. The summed E-state index contributed by atoms with van der Waals surface area (Å²) < 4.78 is 18.3. The summed E-state index contributed by atoms with van der Waals surface area (Å²) in [5.41, 5.74) is 7.10. The van der Waals surface area contributed by atoms with Gasteiger partial charge in [-0.3, -0.25) is 0 Å². The fourth-order valence-electron chi connectivity index (χ4n) is 1.35. The molecule has 3 nitrogen and oxygen atoms in total. The van der Waals surface area contributed by atoms with Crippen LogP contribution in [0.25, 0.3) is 5.76 Å². The first-order chi connectivity index (χ1) is 7.13. The van der Waals surface area contributed by atoms with E-state index in [0.29, 0.717) is 11.5 Å². The second kappa shape index (κ2) is 3.70. The molecule has 0 unspecified atom stereocenters. The third-order valence-electron chi connectivity index (χ3n) is 2.20. The lowest BCUT2D eigenvalue weighted by atomic mass is 10.2. The normalized spacial score (nSPS) is 13.9. The maximum Gasteiger partial charge on any atom is 0.183 e. The molecule has 1 aromatic rings. The average molecular weight is 229 g/mol. The molecule has 80 valence electrons. The first-order valence-electron chi connectivity index (χ1n) is 4.51. The Morgan fingerprint density at radius 3 is 2.73 bits per heavy atom.